The van der Waals surface area contributed by atoms with E-state index in [-0.39, 0.29) is 0 Å². The minimum atomic E-state index is 0.596. The predicted molar refractivity (Wildman–Crippen MR) is 76.3 cm³/mol. The van der Waals surface area contributed by atoms with E-state index in [1.807, 2.05) is 0 Å². The first-order chi connectivity index (χ1) is 8.66. The van der Waals surface area contributed by atoms with Gasteiger partial charge in [0, 0.05) is 38.9 Å². The molecule has 1 aliphatic rings. The molecular formula is C15H24N2O. The maximum Gasteiger partial charge on any atom is 0.0594 e. The van der Waals surface area contributed by atoms with Crippen molar-refractivity contribution >= 4 is 5.69 Å². The average molecular weight is 248 g/mol. The summed E-state index contributed by atoms with van der Waals surface area (Å²) in [7, 11) is 4.15. The molecule has 0 radical (unpaired) electrons. The summed E-state index contributed by atoms with van der Waals surface area (Å²) in [5, 5.41) is 0. The number of hydrogen-bond donors (Lipinski definition) is 0. The highest BCUT2D eigenvalue weighted by atomic mass is 16.5. The van der Waals surface area contributed by atoms with Crippen molar-refractivity contribution in [3.63, 3.8) is 0 Å². The summed E-state index contributed by atoms with van der Waals surface area (Å²) < 4.78 is 5.39. The van der Waals surface area contributed by atoms with Crippen molar-refractivity contribution in [1.82, 2.24) is 4.90 Å². The summed E-state index contributed by atoms with van der Waals surface area (Å²) in [5.41, 5.74) is 2.68. The van der Waals surface area contributed by atoms with Crippen LogP contribution >= 0.6 is 0 Å². The van der Waals surface area contributed by atoms with E-state index in [1.54, 1.807) is 0 Å². The lowest BCUT2D eigenvalue weighted by Crippen LogP contribution is -2.43. The van der Waals surface area contributed by atoms with Crippen molar-refractivity contribution in [2.45, 2.75) is 19.4 Å². The highest BCUT2D eigenvalue weighted by molar-refractivity contribution is 5.46. The van der Waals surface area contributed by atoms with Gasteiger partial charge >= 0.3 is 0 Å². The molecule has 1 fully saturated rings. The quantitative estimate of drug-likeness (QED) is 0.811. The lowest BCUT2D eigenvalue weighted by molar-refractivity contribution is 0.0203. The van der Waals surface area contributed by atoms with Crippen molar-refractivity contribution in [1.29, 1.82) is 0 Å². The fourth-order valence-electron chi connectivity index (χ4n) is 2.42. The van der Waals surface area contributed by atoms with Crippen LogP contribution in [-0.2, 0) is 11.2 Å². The molecule has 0 N–H and O–H groups in total. The molecular weight excluding hydrogens is 224 g/mol. The van der Waals surface area contributed by atoms with E-state index in [4.69, 9.17) is 4.74 Å². The van der Waals surface area contributed by atoms with Crippen LogP contribution in [0.5, 0.6) is 0 Å². The number of hydrogen-bond acceptors (Lipinski definition) is 3. The number of rotatable bonds is 4. The monoisotopic (exact) mass is 248 g/mol. The van der Waals surface area contributed by atoms with Crippen molar-refractivity contribution < 1.29 is 4.74 Å². The molecule has 0 aliphatic carbocycles. The van der Waals surface area contributed by atoms with E-state index in [2.05, 4.69) is 55.1 Å². The first-order valence-corrected chi connectivity index (χ1v) is 6.75. The van der Waals surface area contributed by atoms with Crippen LogP contribution in [0.1, 0.15) is 12.5 Å². The zero-order valence-electron chi connectivity index (χ0n) is 11.7. The topological polar surface area (TPSA) is 15.7 Å². The van der Waals surface area contributed by atoms with Crippen LogP contribution in [0.3, 0.4) is 0 Å². The summed E-state index contributed by atoms with van der Waals surface area (Å²) >= 11 is 0. The van der Waals surface area contributed by atoms with Crippen LogP contribution in [0.2, 0.25) is 0 Å². The van der Waals surface area contributed by atoms with Crippen LogP contribution in [-0.4, -0.2) is 51.3 Å². The van der Waals surface area contributed by atoms with Gasteiger partial charge in [0.25, 0.3) is 0 Å². The number of ether oxygens (including phenoxy) is 1. The maximum atomic E-state index is 5.39. The summed E-state index contributed by atoms with van der Waals surface area (Å²) in [6.07, 6.45) is 1.12. The van der Waals surface area contributed by atoms with Gasteiger partial charge in [-0.3, -0.25) is 4.90 Å². The highest BCUT2D eigenvalue weighted by Gasteiger charge is 2.17. The molecule has 1 unspecified atom stereocenters. The number of anilines is 1. The molecule has 1 aromatic rings. The Bertz CT molecular complexity index is 355. The van der Waals surface area contributed by atoms with Gasteiger partial charge in [-0.05, 0) is 31.0 Å². The zero-order valence-corrected chi connectivity index (χ0v) is 11.7. The minimum absolute atomic E-state index is 0.596. The molecule has 3 heteroatoms. The van der Waals surface area contributed by atoms with E-state index in [0.29, 0.717) is 6.04 Å². The Hall–Kier alpha value is -1.06. The van der Waals surface area contributed by atoms with Gasteiger partial charge in [-0.1, -0.05) is 12.1 Å². The lowest BCUT2D eigenvalue weighted by atomic mass is 10.1. The molecule has 3 nitrogen and oxygen atoms in total. The summed E-state index contributed by atoms with van der Waals surface area (Å²) in [5.74, 6) is 0. The van der Waals surface area contributed by atoms with Crippen molar-refractivity contribution in [2.24, 2.45) is 0 Å². The van der Waals surface area contributed by atoms with Crippen LogP contribution in [0.25, 0.3) is 0 Å². The van der Waals surface area contributed by atoms with Crippen molar-refractivity contribution in [3.05, 3.63) is 29.8 Å². The maximum absolute atomic E-state index is 5.39. The molecule has 100 valence electrons. The van der Waals surface area contributed by atoms with Crippen LogP contribution in [0.15, 0.2) is 24.3 Å². The van der Waals surface area contributed by atoms with E-state index in [1.165, 1.54) is 11.3 Å². The molecule has 1 aromatic carbocycles. The molecule has 1 heterocycles. The fraction of sp³-hybridized carbons (Fsp3) is 0.600. The van der Waals surface area contributed by atoms with Crippen LogP contribution in [0, 0.1) is 0 Å². The number of morpholine rings is 1. The first kappa shape index (κ1) is 13.4. The SMILES string of the molecule is CC(Cc1ccc(N(C)C)cc1)N1CCOCC1. The third-order valence-corrected chi connectivity index (χ3v) is 3.65. The third-order valence-electron chi connectivity index (χ3n) is 3.65. The molecule has 1 atom stereocenters. The molecule has 1 saturated heterocycles. The second kappa shape index (κ2) is 6.21. The molecule has 0 spiro atoms. The van der Waals surface area contributed by atoms with E-state index >= 15 is 0 Å². The van der Waals surface area contributed by atoms with Gasteiger partial charge < -0.3 is 9.64 Å². The van der Waals surface area contributed by atoms with E-state index in [9.17, 15) is 0 Å². The minimum Gasteiger partial charge on any atom is -0.379 e. The highest BCUT2D eigenvalue weighted by Crippen LogP contribution is 2.15. The van der Waals surface area contributed by atoms with E-state index < -0.39 is 0 Å². The fourth-order valence-corrected chi connectivity index (χ4v) is 2.42. The van der Waals surface area contributed by atoms with Crippen molar-refractivity contribution in [3.8, 4) is 0 Å². The first-order valence-electron chi connectivity index (χ1n) is 6.75. The summed E-state index contributed by atoms with van der Waals surface area (Å²) in [6, 6.07) is 9.47. The standard InChI is InChI=1S/C15H24N2O/c1-13(17-8-10-18-11-9-17)12-14-4-6-15(7-5-14)16(2)3/h4-7,13H,8-12H2,1-3H3. The lowest BCUT2D eigenvalue weighted by Gasteiger charge is -2.32. The molecule has 18 heavy (non-hydrogen) atoms. The summed E-state index contributed by atoms with van der Waals surface area (Å²) in [6.45, 7) is 6.20. The van der Waals surface area contributed by atoms with Gasteiger partial charge in [0.2, 0.25) is 0 Å². The van der Waals surface area contributed by atoms with Gasteiger partial charge in [-0.2, -0.15) is 0 Å². The molecule has 2 rings (SSSR count). The normalized spacial score (nSPS) is 18.6. The van der Waals surface area contributed by atoms with Crippen LogP contribution < -0.4 is 4.90 Å². The van der Waals surface area contributed by atoms with Gasteiger partial charge in [0.05, 0.1) is 13.2 Å². The third kappa shape index (κ3) is 3.47. The second-order valence-electron chi connectivity index (χ2n) is 5.26. The molecule has 0 amide bonds. The van der Waals surface area contributed by atoms with Crippen LogP contribution in [0.4, 0.5) is 5.69 Å². The average Bonchev–Trinajstić information content (AvgIpc) is 2.40. The van der Waals surface area contributed by atoms with Gasteiger partial charge in [0.1, 0.15) is 0 Å². The Kier molecular flexibility index (Phi) is 4.61. The van der Waals surface area contributed by atoms with Gasteiger partial charge in [-0.15, -0.1) is 0 Å². The second-order valence-corrected chi connectivity index (χ2v) is 5.26. The molecule has 0 aromatic heterocycles. The van der Waals surface area contributed by atoms with Gasteiger partial charge in [0.15, 0.2) is 0 Å². The predicted octanol–water partition coefficient (Wildman–Crippen LogP) is 2.02. The smallest absolute Gasteiger partial charge is 0.0594 e. The molecule has 0 saturated carbocycles. The Morgan fingerprint density at radius 1 is 1.17 bits per heavy atom. The summed E-state index contributed by atoms with van der Waals surface area (Å²) in [4.78, 5) is 4.65. The number of nitrogens with zero attached hydrogens (tertiary/aromatic N) is 2. The molecule has 1 aliphatic heterocycles. The molecule has 0 bridgehead atoms. The number of benzene rings is 1. The van der Waals surface area contributed by atoms with E-state index in [0.717, 1.165) is 32.7 Å². The largest absolute Gasteiger partial charge is 0.379 e. The van der Waals surface area contributed by atoms with Crippen molar-refractivity contribution in [2.75, 3.05) is 45.3 Å². The Morgan fingerprint density at radius 2 is 1.78 bits per heavy atom. The zero-order chi connectivity index (χ0) is 13.0. The Morgan fingerprint density at radius 3 is 2.33 bits per heavy atom. The Balaban J connectivity index is 1.91. The Labute approximate surface area is 110 Å². The van der Waals surface area contributed by atoms with Gasteiger partial charge in [-0.25, -0.2) is 0 Å².